The van der Waals surface area contributed by atoms with Gasteiger partial charge in [0.15, 0.2) is 17.4 Å². The highest BCUT2D eigenvalue weighted by Crippen LogP contribution is 2.22. The second-order valence-electron chi connectivity index (χ2n) is 4.58. The van der Waals surface area contributed by atoms with Crippen molar-refractivity contribution in [1.82, 2.24) is 4.90 Å². The highest BCUT2D eigenvalue weighted by molar-refractivity contribution is 5.29. The van der Waals surface area contributed by atoms with Crippen molar-refractivity contribution >= 4 is 0 Å². The summed E-state index contributed by atoms with van der Waals surface area (Å²) < 4.78 is 37.3. The van der Waals surface area contributed by atoms with Crippen LogP contribution >= 0.6 is 0 Å². The van der Waals surface area contributed by atoms with Crippen molar-refractivity contribution in [3.8, 4) is 5.75 Å². The van der Waals surface area contributed by atoms with E-state index in [-0.39, 0.29) is 0 Å². The Labute approximate surface area is 124 Å². The van der Waals surface area contributed by atoms with E-state index in [0.29, 0.717) is 51.6 Å². The molecule has 0 aliphatic rings. The number of phenols is 1. The van der Waals surface area contributed by atoms with Gasteiger partial charge < -0.3 is 14.6 Å². The number of rotatable bonds is 10. The van der Waals surface area contributed by atoms with Crippen molar-refractivity contribution in [3.05, 3.63) is 29.3 Å². The average molecular weight is 303 g/mol. The van der Waals surface area contributed by atoms with Crippen LogP contribution in [0.25, 0.3) is 0 Å². The number of benzene rings is 1. The van der Waals surface area contributed by atoms with Gasteiger partial charge in [-0.3, -0.25) is 4.90 Å². The second-order valence-corrected chi connectivity index (χ2v) is 4.58. The van der Waals surface area contributed by atoms with Crippen molar-refractivity contribution in [2.24, 2.45) is 0 Å². The van der Waals surface area contributed by atoms with Gasteiger partial charge in [-0.15, -0.1) is 0 Å². The maximum Gasteiger partial charge on any atom is 0.187 e. The molecule has 0 aliphatic carbocycles. The molecule has 1 rings (SSSR count). The average Bonchev–Trinajstić information content (AvgIpc) is 2.45. The Hall–Kier alpha value is -1.24. The molecule has 0 unspecified atom stereocenters. The minimum Gasteiger partial charge on any atom is -0.503 e. The van der Waals surface area contributed by atoms with Crippen LogP contribution in [-0.4, -0.2) is 49.5 Å². The molecular weight excluding hydrogens is 280 g/mol. The zero-order valence-corrected chi connectivity index (χ0v) is 12.6. The first-order valence-corrected chi connectivity index (χ1v) is 7.13. The molecule has 0 heterocycles. The smallest absolute Gasteiger partial charge is 0.187 e. The van der Waals surface area contributed by atoms with Crippen LogP contribution in [0.3, 0.4) is 0 Å². The summed E-state index contributed by atoms with van der Waals surface area (Å²) in [6.07, 6.45) is 0. The van der Waals surface area contributed by atoms with Crippen molar-refractivity contribution < 1.29 is 23.4 Å². The van der Waals surface area contributed by atoms with Crippen molar-refractivity contribution in [1.29, 1.82) is 0 Å². The van der Waals surface area contributed by atoms with E-state index in [4.69, 9.17) is 14.6 Å². The zero-order chi connectivity index (χ0) is 15.7. The van der Waals surface area contributed by atoms with Gasteiger partial charge in [-0.25, -0.2) is 8.78 Å². The Bertz CT molecular complexity index is 396. The molecular formula is C15H23F2NO3. The maximum absolute atomic E-state index is 13.3. The third-order valence-electron chi connectivity index (χ3n) is 2.99. The lowest BCUT2D eigenvalue weighted by molar-refractivity contribution is 0.0797. The summed E-state index contributed by atoms with van der Waals surface area (Å²) in [6.45, 7) is 7.83. The SMILES string of the molecule is CCOCCN(CCOCC)Cc1cc(F)c(O)c(F)c1. The number of hydrogen-bond acceptors (Lipinski definition) is 4. The molecule has 0 fully saturated rings. The predicted molar refractivity (Wildman–Crippen MR) is 76.3 cm³/mol. The first-order valence-electron chi connectivity index (χ1n) is 7.13. The standard InChI is InChI=1S/C15H23F2NO3/c1-3-20-7-5-18(6-8-21-4-2)11-12-9-13(16)15(19)14(17)10-12/h9-10,19H,3-8,11H2,1-2H3. The molecule has 0 bridgehead atoms. The Balaban J connectivity index is 2.65. The first kappa shape index (κ1) is 17.8. The number of ether oxygens (including phenoxy) is 2. The fraction of sp³-hybridized carbons (Fsp3) is 0.600. The monoisotopic (exact) mass is 303 g/mol. The van der Waals surface area contributed by atoms with Crippen LogP contribution in [0.2, 0.25) is 0 Å². The van der Waals surface area contributed by atoms with Gasteiger partial charge in [0, 0.05) is 32.8 Å². The Morgan fingerprint density at radius 2 is 1.48 bits per heavy atom. The van der Waals surface area contributed by atoms with Crippen LogP contribution in [0.15, 0.2) is 12.1 Å². The Kier molecular flexibility index (Phi) is 8.19. The lowest BCUT2D eigenvalue weighted by atomic mass is 10.2. The topological polar surface area (TPSA) is 41.9 Å². The molecule has 4 nitrogen and oxygen atoms in total. The van der Waals surface area contributed by atoms with E-state index in [1.165, 1.54) is 0 Å². The summed E-state index contributed by atoms with van der Waals surface area (Å²) in [5.74, 6) is -2.83. The maximum atomic E-state index is 13.3. The van der Waals surface area contributed by atoms with Crippen LogP contribution in [-0.2, 0) is 16.0 Å². The lowest BCUT2D eigenvalue weighted by Crippen LogP contribution is -2.30. The lowest BCUT2D eigenvalue weighted by Gasteiger charge is -2.22. The number of halogens is 2. The Morgan fingerprint density at radius 3 is 1.90 bits per heavy atom. The molecule has 0 aromatic heterocycles. The second kappa shape index (κ2) is 9.65. The molecule has 1 aromatic carbocycles. The van der Waals surface area contributed by atoms with E-state index < -0.39 is 17.4 Å². The summed E-state index contributed by atoms with van der Waals surface area (Å²) in [5.41, 5.74) is 0.468. The largest absolute Gasteiger partial charge is 0.503 e. The van der Waals surface area contributed by atoms with E-state index in [2.05, 4.69) is 0 Å². The number of phenolic OH excluding ortho intramolecular Hbond substituents is 1. The summed E-state index contributed by atoms with van der Waals surface area (Å²) in [6, 6.07) is 2.29. The highest BCUT2D eigenvalue weighted by Gasteiger charge is 2.12. The first-order chi connectivity index (χ1) is 10.1. The van der Waals surface area contributed by atoms with Crippen LogP contribution in [0.5, 0.6) is 5.75 Å². The molecule has 120 valence electrons. The molecule has 0 atom stereocenters. The van der Waals surface area contributed by atoms with E-state index in [9.17, 15) is 8.78 Å². The van der Waals surface area contributed by atoms with Crippen LogP contribution in [0.1, 0.15) is 19.4 Å². The molecule has 0 saturated heterocycles. The molecule has 0 spiro atoms. The fourth-order valence-electron chi connectivity index (χ4n) is 1.91. The van der Waals surface area contributed by atoms with Crippen LogP contribution < -0.4 is 0 Å². The van der Waals surface area contributed by atoms with Crippen LogP contribution in [0, 0.1) is 11.6 Å². The molecule has 6 heteroatoms. The minimum atomic E-state index is -0.945. The molecule has 0 aliphatic heterocycles. The van der Waals surface area contributed by atoms with E-state index >= 15 is 0 Å². The summed E-state index contributed by atoms with van der Waals surface area (Å²) in [4.78, 5) is 2.00. The van der Waals surface area contributed by atoms with Crippen molar-refractivity contribution in [2.75, 3.05) is 39.5 Å². The fourth-order valence-corrected chi connectivity index (χ4v) is 1.91. The van der Waals surface area contributed by atoms with Gasteiger partial charge in [0.25, 0.3) is 0 Å². The summed E-state index contributed by atoms with van der Waals surface area (Å²) in [7, 11) is 0. The van der Waals surface area contributed by atoms with E-state index in [1.54, 1.807) is 0 Å². The summed E-state index contributed by atoms with van der Waals surface area (Å²) in [5, 5.41) is 9.11. The summed E-state index contributed by atoms with van der Waals surface area (Å²) >= 11 is 0. The minimum absolute atomic E-state index is 0.369. The molecule has 21 heavy (non-hydrogen) atoms. The number of nitrogens with zero attached hydrogens (tertiary/aromatic N) is 1. The van der Waals surface area contributed by atoms with E-state index in [0.717, 1.165) is 12.1 Å². The third-order valence-corrected chi connectivity index (χ3v) is 2.99. The van der Waals surface area contributed by atoms with Gasteiger partial charge in [0.2, 0.25) is 0 Å². The molecule has 1 N–H and O–H groups in total. The van der Waals surface area contributed by atoms with Gasteiger partial charge >= 0.3 is 0 Å². The third kappa shape index (κ3) is 6.37. The molecule has 0 saturated carbocycles. The Morgan fingerprint density at radius 1 is 1.00 bits per heavy atom. The van der Waals surface area contributed by atoms with Gasteiger partial charge in [0.05, 0.1) is 13.2 Å². The van der Waals surface area contributed by atoms with Gasteiger partial charge in [-0.2, -0.15) is 0 Å². The molecule has 0 amide bonds. The molecule has 0 radical (unpaired) electrons. The van der Waals surface area contributed by atoms with Gasteiger partial charge in [0.1, 0.15) is 0 Å². The number of aromatic hydroxyl groups is 1. The van der Waals surface area contributed by atoms with Gasteiger partial charge in [-0.05, 0) is 31.5 Å². The number of hydrogen-bond donors (Lipinski definition) is 1. The predicted octanol–water partition coefficient (Wildman–Crippen LogP) is 2.55. The quantitative estimate of drug-likeness (QED) is 0.675. The van der Waals surface area contributed by atoms with E-state index in [1.807, 2.05) is 18.7 Å². The van der Waals surface area contributed by atoms with Gasteiger partial charge in [-0.1, -0.05) is 0 Å². The normalized spacial score (nSPS) is 11.3. The van der Waals surface area contributed by atoms with Crippen molar-refractivity contribution in [2.45, 2.75) is 20.4 Å². The van der Waals surface area contributed by atoms with Crippen LogP contribution in [0.4, 0.5) is 8.78 Å². The van der Waals surface area contributed by atoms with Crippen molar-refractivity contribution in [3.63, 3.8) is 0 Å². The zero-order valence-electron chi connectivity index (χ0n) is 12.6. The highest BCUT2D eigenvalue weighted by atomic mass is 19.1. The molecule has 1 aromatic rings.